The lowest BCUT2D eigenvalue weighted by Gasteiger charge is -2.17. The van der Waals surface area contributed by atoms with Crippen molar-refractivity contribution >= 4 is 23.0 Å². The van der Waals surface area contributed by atoms with Gasteiger partial charge in [-0.15, -0.1) is 0 Å². The summed E-state index contributed by atoms with van der Waals surface area (Å²) in [7, 11) is 0. The average Bonchev–Trinajstić information content (AvgIpc) is 2.55. The first-order valence-corrected chi connectivity index (χ1v) is 7.95. The van der Waals surface area contributed by atoms with Crippen LogP contribution in [0.15, 0.2) is 53.6 Å². The Morgan fingerprint density at radius 2 is 1.68 bits per heavy atom. The molecule has 0 bridgehead atoms. The zero-order chi connectivity index (χ0) is 15.4. The zero-order valence-electron chi connectivity index (χ0n) is 12.4. The van der Waals surface area contributed by atoms with Crippen molar-refractivity contribution in [3.05, 3.63) is 70.8 Å². The van der Waals surface area contributed by atoms with Crippen LogP contribution in [0.5, 0.6) is 0 Å². The number of rotatable bonds is 3. The maximum atomic E-state index is 5.52. The third-order valence-electron chi connectivity index (χ3n) is 3.95. The summed E-state index contributed by atoms with van der Waals surface area (Å²) in [5.74, 6) is 0. The van der Waals surface area contributed by atoms with Gasteiger partial charge in [-0.25, -0.2) is 0 Å². The van der Waals surface area contributed by atoms with Crippen LogP contribution in [-0.2, 0) is 12.8 Å². The van der Waals surface area contributed by atoms with Gasteiger partial charge in [0.05, 0.1) is 5.71 Å². The second-order valence-corrected chi connectivity index (χ2v) is 5.93. The number of fused-ring (bicyclic) bond motifs is 1. The Balaban J connectivity index is 2.02. The highest BCUT2D eigenvalue weighted by Gasteiger charge is 2.13. The van der Waals surface area contributed by atoms with Gasteiger partial charge >= 0.3 is 0 Å². The highest BCUT2D eigenvalue weighted by atomic mass is 32.1. The molecule has 0 spiro atoms. The SMILES string of the molecule is NC(=S)N/N=C(/c1ccccc1)c1ccc2c(c1)CCCC2. The molecular weight excluding hydrogens is 290 g/mol. The van der Waals surface area contributed by atoms with Crippen molar-refractivity contribution in [3.8, 4) is 0 Å². The molecule has 0 aliphatic heterocycles. The van der Waals surface area contributed by atoms with Crippen LogP contribution in [0.3, 0.4) is 0 Å². The van der Waals surface area contributed by atoms with E-state index >= 15 is 0 Å². The first kappa shape index (κ1) is 14.7. The normalized spacial score (nSPS) is 14.3. The van der Waals surface area contributed by atoms with Gasteiger partial charge < -0.3 is 5.73 Å². The third-order valence-corrected chi connectivity index (χ3v) is 4.04. The summed E-state index contributed by atoms with van der Waals surface area (Å²) in [4.78, 5) is 0. The van der Waals surface area contributed by atoms with E-state index in [1.807, 2.05) is 30.3 Å². The summed E-state index contributed by atoms with van der Waals surface area (Å²) in [5.41, 5.74) is 14.1. The molecule has 4 heteroatoms. The van der Waals surface area contributed by atoms with Crippen molar-refractivity contribution < 1.29 is 0 Å². The minimum Gasteiger partial charge on any atom is -0.375 e. The average molecular weight is 309 g/mol. The van der Waals surface area contributed by atoms with Crippen molar-refractivity contribution in [1.29, 1.82) is 0 Å². The molecule has 1 aliphatic rings. The Labute approximate surface area is 136 Å². The van der Waals surface area contributed by atoms with Crippen LogP contribution in [0.1, 0.15) is 35.1 Å². The summed E-state index contributed by atoms with van der Waals surface area (Å²) in [6.45, 7) is 0. The third kappa shape index (κ3) is 3.34. The molecule has 0 unspecified atom stereocenters. The fourth-order valence-corrected chi connectivity index (χ4v) is 2.93. The van der Waals surface area contributed by atoms with E-state index in [4.69, 9.17) is 18.0 Å². The summed E-state index contributed by atoms with van der Waals surface area (Å²) in [6.07, 6.45) is 4.88. The minimum absolute atomic E-state index is 0.173. The number of aryl methyl sites for hydroxylation is 2. The van der Waals surface area contributed by atoms with E-state index < -0.39 is 0 Å². The fraction of sp³-hybridized carbons (Fsp3) is 0.222. The lowest BCUT2D eigenvalue weighted by molar-refractivity contribution is 0.685. The predicted molar refractivity (Wildman–Crippen MR) is 95.1 cm³/mol. The molecule has 0 amide bonds. The van der Waals surface area contributed by atoms with Gasteiger partial charge in [0.15, 0.2) is 5.11 Å². The smallest absolute Gasteiger partial charge is 0.184 e. The molecule has 112 valence electrons. The van der Waals surface area contributed by atoms with E-state index in [1.54, 1.807) is 0 Å². The summed E-state index contributed by atoms with van der Waals surface area (Å²) in [5, 5.41) is 4.59. The molecule has 0 atom stereocenters. The number of thiocarbonyl (C=S) groups is 1. The number of nitrogens with two attached hydrogens (primary N) is 1. The van der Waals surface area contributed by atoms with Crippen molar-refractivity contribution in [2.75, 3.05) is 0 Å². The highest BCUT2D eigenvalue weighted by Crippen LogP contribution is 2.23. The van der Waals surface area contributed by atoms with Crippen molar-refractivity contribution in [3.63, 3.8) is 0 Å². The topological polar surface area (TPSA) is 50.4 Å². The summed E-state index contributed by atoms with van der Waals surface area (Å²) < 4.78 is 0. The molecular formula is C18H19N3S. The molecule has 1 aliphatic carbocycles. The maximum absolute atomic E-state index is 5.52. The molecule has 0 fully saturated rings. The number of hydrogen-bond donors (Lipinski definition) is 2. The van der Waals surface area contributed by atoms with Gasteiger partial charge in [-0.2, -0.15) is 5.10 Å². The standard InChI is InChI=1S/C18H19N3S/c19-18(22)21-20-17(14-7-2-1-3-8-14)16-11-10-13-6-4-5-9-15(13)12-16/h1-3,7-8,10-12H,4-6,9H2,(H3,19,21,22)/b20-17-. The molecule has 3 nitrogen and oxygen atoms in total. The van der Waals surface area contributed by atoms with Gasteiger partial charge in [-0.3, -0.25) is 5.43 Å². The largest absolute Gasteiger partial charge is 0.375 e. The van der Waals surface area contributed by atoms with Crippen LogP contribution in [0.2, 0.25) is 0 Å². The van der Waals surface area contributed by atoms with E-state index in [9.17, 15) is 0 Å². The first-order chi connectivity index (χ1) is 10.7. The van der Waals surface area contributed by atoms with E-state index in [2.05, 4.69) is 28.7 Å². The molecule has 2 aromatic carbocycles. The van der Waals surface area contributed by atoms with Gasteiger partial charge in [0.25, 0.3) is 0 Å². The van der Waals surface area contributed by atoms with Crippen LogP contribution < -0.4 is 11.2 Å². The van der Waals surface area contributed by atoms with Crippen LogP contribution in [0.4, 0.5) is 0 Å². The van der Waals surface area contributed by atoms with Gasteiger partial charge in [0.1, 0.15) is 0 Å². The lowest BCUT2D eigenvalue weighted by atomic mass is 9.89. The van der Waals surface area contributed by atoms with E-state index in [0.29, 0.717) is 0 Å². The molecule has 0 saturated heterocycles. The van der Waals surface area contributed by atoms with Crippen LogP contribution in [0, 0.1) is 0 Å². The van der Waals surface area contributed by atoms with Crippen molar-refractivity contribution in [2.45, 2.75) is 25.7 Å². The number of benzene rings is 2. The van der Waals surface area contributed by atoms with E-state index in [1.165, 1.54) is 30.4 Å². The van der Waals surface area contributed by atoms with Crippen LogP contribution >= 0.6 is 12.2 Å². The van der Waals surface area contributed by atoms with E-state index in [-0.39, 0.29) is 5.11 Å². The number of hydrogen-bond acceptors (Lipinski definition) is 2. The quantitative estimate of drug-likeness (QED) is 0.520. The number of nitrogens with one attached hydrogen (secondary N) is 1. The highest BCUT2D eigenvalue weighted by molar-refractivity contribution is 7.80. The Morgan fingerprint density at radius 3 is 2.41 bits per heavy atom. The fourth-order valence-electron chi connectivity index (χ4n) is 2.88. The molecule has 2 aromatic rings. The van der Waals surface area contributed by atoms with E-state index in [0.717, 1.165) is 23.3 Å². The molecule has 0 radical (unpaired) electrons. The van der Waals surface area contributed by atoms with Gasteiger partial charge in [-0.1, -0.05) is 42.5 Å². The van der Waals surface area contributed by atoms with Gasteiger partial charge in [0, 0.05) is 11.1 Å². The molecule has 3 N–H and O–H groups in total. The van der Waals surface area contributed by atoms with Crippen molar-refractivity contribution in [1.82, 2.24) is 5.43 Å². The number of nitrogens with zero attached hydrogens (tertiary/aromatic N) is 1. The summed E-state index contributed by atoms with van der Waals surface area (Å²) >= 11 is 4.87. The van der Waals surface area contributed by atoms with Crippen LogP contribution in [-0.4, -0.2) is 10.8 Å². The molecule has 22 heavy (non-hydrogen) atoms. The monoisotopic (exact) mass is 309 g/mol. The molecule has 0 aromatic heterocycles. The molecule has 0 heterocycles. The maximum Gasteiger partial charge on any atom is 0.184 e. The summed E-state index contributed by atoms with van der Waals surface area (Å²) in [6, 6.07) is 16.7. The van der Waals surface area contributed by atoms with Gasteiger partial charge in [-0.05, 0) is 55.1 Å². The minimum atomic E-state index is 0.173. The lowest BCUT2D eigenvalue weighted by Crippen LogP contribution is -2.26. The van der Waals surface area contributed by atoms with Gasteiger partial charge in [0.2, 0.25) is 0 Å². The zero-order valence-corrected chi connectivity index (χ0v) is 13.2. The van der Waals surface area contributed by atoms with Crippen LogP contribution in [0.25, 0.3) is 0 Å². The number of hydrazone groups is 1. The Bertz CT molecular complexity index is 708. The Hall–Kier alpha value is -2.20. The second-order valence-electron chi connectivity index (χ2n) is 5.49. The molecule has 0 saturated carbocycles. The first-order valence-electron chi connectivity index (χ1n) is 7.55. The second kappa shape index (κ2) is 6.71. The van der Waals surface area contributed by atoms with Crippen molar-refractivity contribution in [2.24, 2.45) is 10.8 Å². The predicted octanol–water partition coefficient (Wildman–Crippen LogP) is 3.15. The Kier molecular flexibility index (Phi) is 4.49. The molecule has 3 rings (SSSR count). The Morgan fingerprint density at radius 1 is 0.955 bits per heavy atom.